The van der Waals surface area contributed by atoms with E-state index in [0.717, 1.165) is 54.0 Å². The monoisotopic (exact) mass is 561 g/mol. The number of halogens is 1. The average molecular weight is 562 g/mol. The Morgan fingerprint density at radius 1 is 1.16 bits per heavy atom. The second kappa shape index (κ2) is 14.5. The third-order valence-corrected chi connectivity index (χ3v) is 5.96. The number of hydrogen-bond acceptors (Lipinski definition) is 6. The van der Waals surface area contributed by atoms with E-state index in [9.17, 15) is 0 Å². The van der Waals surface area contributed by atoms with Gasteiger partial charge in [-0.05, 0) is 45.1 Å². The zero-order valence-corrected chi connectivity index (χ0v) is 22.5. The highest BCUT2D eigenvalue weighted by Crippen LogP contribution is 2.31. The largest absolute Gasteiger partial charge is 0.493 e. The van der Waals surface area contributed by atoms with Gasteiger partial charge in [0.05, 0.1) is 31.8 Å². The van der Waals surface area contributed by atoms with E-state index in [1.54, 1.807) is 25.6 Å². The van der Waals surface area contributed by atoms with E-state index in [2.05, 4.69) is 54.5 Å². The van der Waals surface area contributed by atoms with Gasteiger partial charge in [-0.15, -0.1) is 35.3 Å². The van der Waals surface area contributed by atoms with Gasteiger partial charge in [-0.25, -0.2) is 4.98 Å². The van der Waals surface area contributed by atoms with Gasteiger partial charge in [0, 0.05) is 30.6 Å². The van der Waals surface area contributed by atoms with Crippen molar-refractivity contribution in [3.63, 3.8) is 0 Å². The number of likely N-dealkylation sites (N-methyl/N-ethyl adjacent to an activating group) is 1. The van der Waals surface area contributed by atoms with Gasteiger partial charge in [0.15, 0.2) is 17.5 Å². The van der Waals surface area contributed by atoms with Gasteiger partial charge in [-0.3, -0.25) is 4.99 Å². The minimum Gasteiger partial charge on any atom is -0.493 e. The molecule has 0 fully saturated rings. The second-order valence-electron chi connectivity index (χ2n) is 7.06. The molecule has 7 nitrogen and oxygen atoms in total. The molecule has 0 aliphatic rings. The first-order valence-corrected chi connectivity index (χ1v) is 11.2. The molecule has 1 aromatic heterocycles. The summed E-state index contributed by atoms with van der Waals surface area (Å²) in [4.78, 5) is 12.8. The zero-order valence-electron chi connectivity index (χ0n) is 19.4. The van der Waals surface area contributed by atoms with Crippen molar-refractivity contribution in [3.05, 3.63) is 39.8 Å². The molecule has 0 saturated heterocycles. The number of nitrogens with one attached hydrogen (secondary N) is 2. The van der Waals surface area contributed by atoms with Gasteiger partial charge in [0.25, 0.3) is 0 Å². The summed E-state index contributed by atoms with van der Waals surface area (Å²) in [5.74, 6) is 2.27. The van der Waals surface area contributed by atoms with Crippen LogP contribution in [0.5, 0.6) is 11.5 Å². The van der Waals surface area contributed by atoms with Crippen LogP contribution in [0.4, 0.5) is 0 Å². The van der Waals surface area contributed by atoms with Crippen LogP contribution in [-0.2, 0) is 12.8 Å². The van der Waals surface area contributed by atoms with Crippen LogP contribution in [0.25, 0.3) is 0 Å². The van der Waals surface area contributed by atoms with Gasteiger partial charge >= 0.3 is 0 Å². The summed E-state index contributed by atoms with van der Waals surface area (Å²) in [6, 6.07) is 6.14. The average Bonchev–Trinajstić information content (AvgIpc) is 3.21. The first-order valence-electron chi connectivity index (χ1n) is 10.4. The maximum absolute atomic E-state index is 5.47. The Bertz CT molecular complexity index is 813. The van der Waals surface area contributed by atoms with Crippen molar-refractivity contribution in [1.82, 2.24) is 20.5 Å². The van der Waals surface area contributed by atoms with Crippen LogP contribution in [0, 0.1) is 0 Å². The number of methoxy groups -OCH3 is 2. The zero-order chi connectivity index (χ0) is 21.9. The van der Waals surface area contributed by atoms with Crippen molar-refractivity contribution in [1.29, 1.82) is 0 Å². The normalized spacial score (nSPS) is 12.3. The van der Waals surface area contributed by atoms with Gasteiger partial charge in [0.1, 0.15) is 0 Å². The second-order valence-corrected chi connectivity index (χ2v) is 8.26. The van der Waals surface area contributed by atoms with Crippen molar-refractivity contribution in [3.8, 4) is 11.5 Å². The Kier molecular flexibility index (Phi) is 12.8. The lowest BCUT2D eigenvalue weighted by molar-refractivity contribution is 0.303. The molecule has 1 heterocycles. The highest BCUT2D eigenvalue weighted by atomic mass is 127. The molecule has 0 spiro atoms. The Balaban J connectivity index is 0.00000480. The number of hydrogen-bond donors (Lipinski definition) is 2. The number of benzene rings is 1. The molecule has 2 rings (SSSR count). The lowest BCUT2D eigenvalue weighted by atomic mass is 10.1. The van der Waals surface area contributed by atoms with E-state index in [1.807, 2.05) is 18.3 Å². The molecule has 0 aliphatic carbocycles. The summed E-state index contributed by atoms with van der Waals surface area (Å²) in [5.41, 5.74) is 1.13. The summed E-state index contributed by atoms with van der Waals surface area (Å²) in [6.07, 6.45) is 3.91. The fraction of sp³-hybridized carbons (Fsp3) is 0.545. The van der Waals surface area contributed by atoms with Gasteiger partial charge < -0.3 is 25.0 Å². The van der Waals surface area contributed by atoms with Crippen molar-refractivity contribution in [2.45, 2.75) is 32.7 Å². The summed E-state index contributed by atoms with van der Waals surface area (Å²) in [6.45, 7) is 6.46. The minimum absolute atomic E-state index is 0. The van der Waals surface area contributed by atoms with Crippen molar-refractivity contribution < 1.29 is 9.47 Å². The van der Waals surface area contributed by atoms with Crippen LogP contribution in [0.3, 0.4) is 0 Å². The molecule has 0 saturated carbocycles. The van der Waals surface area contributed by atoms with E-state index in [4.69, 9.17) is 14.5 Å². The van der Waals surface area contributed by atoms with Crippen molar-refractivity contribution in [2.75, 3.05) is 47.9 Å². The summed E-state index contributed by atoms with van der Waals surface area (Å²) in [5, 5.41) is 7.91. The third kappa shape index (κ3) is 8.46. The molecule has 2 aromatic rings. The molecule has 9 heteroatoms. The molecular weight excluding hydrogens is 525 g/mol. The summed E-state index contributed by atoms with van der Waals surface area (Å²) < 4.78 is 10.8. The molecule has 0 bridgehead atoms. The van der Waals surface area contributed by atoms with Gasteiger partial charge in [-0.1, -0.05) is 13.0 Å². The Morgan fingerprint density at radius 2 is 1.90 bits per heavy atom. The highest BCUT2D eigenvalue weighted by Gasteiger charge is 2.17. The highest BCUT2D eigenvalue weighted by molar-refractivity contribution is 14.0. The molecule has 2 N–H and O–H groups in total. The summed E-state index contributed by atoms with van der Waals surface area (Å²) >= 11 is 1.78. The predicted octanol–water partition coefficient (Wildman–Crippen LogP) is 3.74. The molecule has 1 atom stereocenters. The van der Waals surface area contributed by atoms with E-state index >= 15 is 0 Å². The predicted molar refractivity (Wildman–Crippen MR) is 141 cm³/mol. The van der Waals surface area contributed by atoms with E-state index in [-0.39, 0.29) is 30.0 Å². The number of aryl methyl sites for hydroxylation is 1. The molecule has 1 unspecified atom stereocenters. The van der Waals surface area contributed by atoms with Crippen LogP contribution in [0.2, 0.25) is 0 Å². The molecular formula is C22H36IN5O2S. The summed E-state index contributed by atoms with van der Waals surface area (Å²) in [7, 11) is 7.42. The van der Waals surface area contributed by atoms with Crippen LogP contribution >= 0.6 is 35.3 Å². The number of ether oxygens (including phenoxy) is 2. The molecule has 0 aliphatic heterocycles. The first-order chi connectivity index (χ1) is 14.5. The standard InChI is InChI=1S/C22H35N5O2S.HI/c1-7-17-14-25-21(30-17)11-12-24-22(23-8-2)26-15-18(27(3)4)16-9-10-19(28-5)20(13-16)29-6;/h9-10,13-14,18H,7-8,11-12,15H2,1-6H3,(H2,23,24,26);1H. The smallest absolute Gasteiger partial charge is 0.191 e. The number of guanidine groups is 1. The topological polar surface area (TPSA) is 71.0 Å². The molecule has 174 valence electrons. The maximum atomic E-state index is 5.47. The number of nitrogens with zero attached hydrogens (tertiary/aromatic N) is 3. The quantitative estimate of drug-likeness (QED) is 0.248. The fourth-order valence-electron chi connectivity index (χ4n) is 3.06. The lowest BCUT2D eigenvalue weighted by Crippen LogP contribution is -2.39. The SMILES string of the molecule is CCNC(=NCC(c1ccc(OC)c(OC)c1)N(C)C)NCCc1ncc(CC)s1.I. The Morgan fingerprint density at radius 3 is 2.48 bits per heavy atom. The fourth-order valence-corrected chi connectivity index (χ4v) is 3.92. The lowest BCUT2D eigenvalue weighted by Gasteiger charge is -2.24. The van der Waals surface area contributed by atoms with E-state index < -0.39 is 0 Å². The maximum Gasteiger partial charge on any atom is 0.191 e. The molecule has 0 radical (unpaired) electrons. The Labute approximate surface area is 207 Å². The van der Waals surface area contributed by atoms with Gasteiger partial charge in [-0.2, -0.15) is 0 Å². The molecule has 1 aromatic carbocycles. The number of aromatic nitrogens is 1. The number of thiazole rings is 1. The number of aliphatic imine (C=N–C) groups is 1. The van der Waals surface area contributed by atoms with E-state index in [0.29, 0.717) is 6.54 Å². The van der Waals surface area contributed by atoms with Crippen LogP contribution < -0.4 is 20.1 Å². The van der Waals surface area contributed by atoms with Gasteiger partial charge in [0.2, 0.25) is 0 Å². The van der Waals surface area contributed by atoms with Crippen LogP contribution in [-0.4, -0.2) is 63.8 Å². The van der Waals surface area contributed by atoms with Crippen LogP contribution in [0.1, 0.15) is 35.3 Å². The third-order valence-electron chi connectivity index (χ3n) is 4.76. The number of rotatable bonds is 11. The minimum atomic E-state index is 0. The van der Waals surface area contributed by atoms with E-state index in [1.165, 1.54) is 4.88 Å². The molecule has 0 amide bonds. The van der Waals surface area contributed by atoms with Crippen molar-refractivity contribution >= 4 is 41.3 Å². The van der Waals surface area contributed by atoms with Crippen molar-refractivity contribution in [2.24, 2.45) is 4.99 Å². The molecule has 31 heavy (non-hydrogen) atoms. The first kappa shape index (κ1) is 27.4. The Hall–Kier alpha value is -1.59. The van der Waals surface area contributed by atoms with Crippen LogP contribution in [0.15, 0.2) is 29.4 Å².